The molecule has 0 amide bonds. The number of carbonyl (C=O) groups is 1. The van der Waals surface area contributed by atoms with Gasteiger partial charge in [0.05, 0.1) is 24.6 Å². The fraction of sp³-hybridized carbons (Fsp3) is 0.304. The Labute approximate surface area is 180 Å². The summed E-state index contributed by atoms with van der Waals surface area (Å²) in [6.45, 7) is 0.747. The zero-order valence-corrected chi connectivity index (χ0v) is 17.5. The Balaban J connectivity index is 1.64. The molecule has 0 atom stereocenters. The smallest absolute Gasteiger partial charge is 0.137 e. The number of nitrogens with zero attached hydrogens (tertiary/aromatic N) is 2. The van der Waals surface area contributed by atoms with E-state index >= 15 is 0 Å². The number of aliphatic hydroxyl groups is 3. The van der Waals surface area contributed by atoms with Crippen LogP contribution in [0.15, 0.2) is 54.6 Å². The highest BCUT2D eigenvalue weighted by atomic mass is 35.5. The molecule has 1 heterocycles. The van der Waals surface area contributed by atoms with Crippen LogP contribution in [0.1, 0.15) is 28.9 Å². The molecule has 7 heteroatoms. The summed E-state index contributed by atoms with van der Waals surface area (Å²) < 4.78 is 1.81. The number of hydrogen-bond acceptors (Lipinski definition) is 5. The number of Topliss-reactive ketones (excluding diaryl/α,β-unsaturated/α-hetero) is 1. The quantitative estimate of drug-likeness (QED) is 0.487. The van der Waals surface area contributed by atoms with E-state index in [1.165, 1.54) is 0 Å². The van der Waals surface area contributed by atoms with Gasteiger partial charge < -0.3 is 15.3 Å². The average molecular weight is 429 g/mol. The number of benzene rings is 2. The number of aromatic nitrogens is 2. The summed E-state index contributed by atoms with van der Waals surface area (Å²) in [7, 11) is 0. The molecule has 2 aromatic carbocycles. The van der Waals surface area contributed by atoms with E-state index < -0.39 is 18.8 Å². The van der Waals surface area contributed by atoms with Crippen molar-refractivity contribution in [3.8, 4) is 5.69 Å². The Morgan fingerprint density at radius 2 is 1.80 bits per heavy atom. The maximum absolute atomic E-state index is 12.5. The number of hydrogen-bond donors (Lipinski definition) is 3. The third-order valence-electron chi connectivity index (χ3n) is 5.03. The molecular weight excluding hydrogens is 404 g/mol. The summed E-state index contributed by atoms with van der Waals surface area (Å²) in [5.74, 6) is 0.0822. The molecule has 0 radical (unpaired) electrons. The van der Waals surface area contributed by atoms with Crippen LogP contribution in [0.4, 0.5) is 0 Å². The first kappa shape index (κ1) is 22.2. The number of halogens is 1. The summed E-state index contributed by atoms with van der Waals surface area (Å²) in [5.41, 5.74) is 2.20. The molecule has 6 nitrogen and oxygen atoms in total. The summed E-state index contributed by atoms with van der Waals surface area (Å²) in [4.78, 5) is 12.5. The standard InChI is InChI=1S/C23H25ClN2O4/c1-16-11-21(26(25-16)20-4-2-3-19(24)13-20)9-10-22(29)12-17-5-7-18(8-6-17)23(30,14-27)15-28/h2-8,11,13,27-28,30H,9-10,12,14-15H2,1H3. The zero-order valence-electron chi connectivity index (χ0n) is 16.8. The largest absolute Gasteiger partial charge is 0.393 e. The van der Waals surface area contributed by atoms with Gasteiger partial charge in [-0.25, -0.2) is 4.68 Å². The van der Waals surface area contributed by atoms with Crippen LogP contribution in [0, 0.1) is 6.92 Å². The maximum Gasteiger partial charge on any atom is 0.137 e. The van der Waals surface area contributed by atoms with Gasteiger partial charge in [-0.3, -0.25) is 4.79 Å². The normalized spacial score (nSPS) is 11.6. The Morgan fingerprint density at radius 1 is 1.10 bits per heavy atom. The lowest BCUT2D eigenvalue weighted by Crippen LogP contribution is -2.34. The Morgan fingerprint density at radius 3 is 2.43 bits per heavy atom. The molecule has 0 bridgehead atoms. The minimum Gasteiger partial charge on any atom is -0.393 e. The van der Waals surface area contributed by atoms with Crippen molar-refractivity contribution in [1.82, 2.24) is 9.78 Å². The van der Waals surface area contributed by atoms with Gasteiger partial charge >= 0.3 is 0 Å². The Hall–Kier alpha value is -2.51. The first-order chi connectivity index (χ1) is 14.3. The molecule has 1 aromatic heterocycles. The van der Waals surface area contributed by atoms with Gasteiger partial charge in [0.1, 0.15) is 11.4 Å². The topological polar surface area (TPSA) is 95.6 Å². The fourth-order valence-electron chi connectivity index (χ4n) is 3.31. The first-order valence-electron chi connectivity index (χ1n) is 9.71. The van der Waals surface area contributed by atoms with E-state index in [-0.39, 0.29) is 12.2 Å². The van der Waals surface area contributed by atoms with E-state index in [2.05, 4.69) is 5.10 Å². The highest BCUT2D eigenvalue weighted by molar-refractivity contribution is 6.30. The molecule has 0 spiro atoms. The van der Waals surface area contributed by atoms with Crippen molar-refractivity contribution < 1.29 is 20.1 Å². The van der Waals surface area contributed by atoms with Crippen molar-refractivity contribution in [2.45, 2.75) is 31.8 Å². The molecule has 3 rings (SSSR count). The highest BCUT2D eigenvalue weighted by Crippen LogP contribution is 2.21. The Kier molecular flexibility index (Phi) is 7.05. The van der Waals surface area contributed by atoms with E-state index in [0.717, 1.165) is 22.6 Å². The molecule has 0 aliphatic rings. The van der Waals surface area contributed by atoms with Crippen LogP contribution in [0.2, 0.25) is 5.02 Å². The lowest BCUT2D eigenvalue weighted by molar-refractivity contribution is -0.118. The average Bonchev–Trinajstić information content (AvgIpc) is 3.13. The van der Waals surface area contributed by atoms with Crippen molar-refractivity contribution in [3.63, 3.8) is 0 Å². The molecule has 0 saturated heterocycles. The van der Waals surface area contributed by atoms with Crippen LogP contribution < -0.4 is 0 Å². The van der Waals surface area contributed by atoms with Gasteiger partial charge in [-0.1, -0.05) is 41.9 Å². The fourth-order valence-corrected chi connectivity index (χ4v) is 3.50. The van der Waals surface area contributed by atoms with Crippen LogP contribution in [0.25, 0.3) is 5.69 Å². The third kappa shape index (κ3) is 5.15. The molecule has 30 heavy (non-hydrogen) atoms. The number of rotatable bonds is 9. The molecule has 3 aromatic rings. The van der Waals surface area contributed by atoms with Crippen molar-refractivity contribution in [2.75, 3.05) is 13.2 Å². The van der Waals surface area contributed by atoms with Crippen molar-refractivity contribution in [3.05, 3.63) is 82.1 Å². The van der Waals surface area contributed by atoms with Crippen LogP contribution in [-0.2, 0) is 23.2 Å². The number of aliphatic hydroxyl groups excluding tert-OH is 2. The van der Waals surface area contributed by atoms with Crippen LogP contribution in [-0.4, -0.2) is 44.1 Å². The van der Waals surface area contributed by atoms with E-state index in [1.807, 2.05) is 35.9 Å². The monoisotopic (exact) mass is 428 g/mol. The van der Waals surface area contributed by atoms with E-state index in [1.54, 1.807) is 30.3 Å². The minimum absolute atomic E-state index is 0.0822. The van der Waals surface area contributed by atoms with Gasteiger partial charge in [-0.15, -0.1) is 0 Å². The second-order valence-corrected chi connectivity index (χ2v) is 7.87. The van der Waals surface area contributed by atoms with Crippen LogP contribution in [0.5, 0.6) is 0 Å². The number of ketones is 1. The summed E-state index contributed by atoms with van der Waals surface area (Å²) >= 11 is 6.09. The lowest BCUT2D eigenvalue weighted by Gasteiger charge is -2.23. The van der Waals surface area contributed by atoms with Gasteiger partial charge in [0.2, 0.25) is 0 Å². The highest BCUT2D eigenvalue weighted by Gasteiger charge is 2.27. The maximum atomic E-state index is 12.5. The summed E-state index contributed by atoms with van der Waals surface area (Å²) in [6, 6.07) is 16.1. The van der Waals surface area contributed by atoms with Gasteiger partial charge in [0.25, 0.3) is 0 Å². The molecule has 158 valence electrons. The molecule has 0 fully saturated rings. The summed E-state index contributed by atoms with van der Waals surface area (Å²) in [5, 5.41) is 33.8. The van der Waals surface area contributed by atoms with Crippen molar-refractivity contribution >= 4 is 17.4 Å². The molecule has 0 aliphatic heterocycles. The van der Waals surface area contributed by atoms with Crippen molar-refractivity contribution in [2.24, 2.45) is 0 Å². The number of carbonyl (C=O) groups excluding carboxylic acids is 1. The zero-order chi connectivity index (χ0) is 21.7. The Bertz CT molecular complexity index is 1010. The van der Waals surface area contributed by atoms with E-state index in [9.17, 15) is 20.1 Å². The van der Waals surface area contributed by atoms with Gasteiger partial charge in [0.15, 0.2) is 0 Å². The second-order valence-electron chi connectivity index (χ2n) is 7.43. The SMILES string of the molecule is Cc1cc(CCC(=O)Cc2ccc(C(O)(CO)CO)cc2)n(-c2cccc(Cl)c2)n1. The second kappa shape index (κ2) is 9.53. The predicted octanol–water partition coefficient (Wildman–Crippen LogP) is 2.75. The van der Waals surface area contributed by atoms with E-state index in [4.69, 9.17) is 11.6 Å². The molecular formula is C23H25ClN2O4. The number of aryl methyl sites for hydroxylation is 2. The molecule has 3 N–H and O–H groups in total. The molecule has 0 unspecified atom stereocenters. The lowest BCUT2D eigenvalue weighted by atomic mass is 9.93. The molecule has 0 aliphatic carbocycles. The van der Waals surface area contributed by atoms with Gasteiger partial charge in [-0.2, -0.15) is 5.10 Å². The van der Waals surface area contributed by atoms with Crippen molar-refractivity contribution in [1.29, 1.82) is 0 Å². The van der Waals surface area contributed by atoms with Gasteiger partial charge in [-0.05, 0) is 48.7 Å². The first-order valence-corrected chi connectivity index (χ1v) is 10.1. The minimum atomic E-state index is -1.68. The predicted molar refractivity (Wildman–Crippen MR) is 115 cm³/mol. The summed E-state index contributed by atoms with van der Waals surface area (Å²) in [6.07, 6.45) is 1.19. The van der Waals surface area contributed by atoms with Crippen LogP contribution >= 0.6 is 11.6 Å². The van der Waals surface area contributed by atoms with E-state index in [0.29, 0.717) is 23.4 Å². The van der Waals surface area contributed by atoms with Crippen LogP contribution in [0.3, 0.4) is 0 Å². The third-order valence-corrected chi connectivity index (χ3v) is 5.27. The van der Waals surface area contributed by atoms with Gasteiger partial charge in [0, 0.05) is 23.6 Å². The molecule has 0 saturated carbocycles.